The lowest BCUT2D eigenvalue weighted by molar-refractivity contribution is 0.413. The predicted molar refractivity (Wildman–Crippen MR) is 58.8 cm³/mol. The van der Waals surface area contributed by atoms with Crippen molar-refractivity contribution in [2.24, 2.45) is 0 Å². The van der Waals surface area contributed by atoms with Crippen molar-refractivity contribution in [2.75, 3.05) is 30.8 Å². The van der Waals surface area contributed by atoms with Crippen LogP contribution in [0.3, 0.4) is 0 Å². The van der Waals surface area contributed by atoms with Gasteiger partial charge in [0.15, 0.2) is 11.6 Å². The zero-order valence-electron chi connectivity index (χ0n) is 8.95. The van der Waals surface area contributed by atoms with E-state index in [4.69, 9.17) is 10.5 Å². The van der Waals surface area contributed by atoms with E-state index in [1.165, 1.54) is 0 Å². The van der Waals surface area contributed by atoms with Crippen LogP contribution < -0.4 is 15.4 Å². The fourth-order valence-corrected chi connectivity index (χ4v) is 1.36. The Kier molecular flexibility index (Phi) is 3.56. The highest BCUT2D eigenvalue weighted by molar-refractivity contribution is 5.57. The number of methoxy groups -OCH3 is 1. The van der Waals surface area contributed by atoms with E-state index in [2.05, 4.69) is 23.7 Å². The Morgan fingerprint density at radius 2 is 2.07 bits per heavy atom. The molecule has 0 aliphatic heterocycles. The Morgan fingerprint density at radius 3 is 2.57 bits per heavy atom. The number of nitrogens with zero attached hydrogens (tertiary/aromatic N) is 2. The number of ether oxygens (including phenoxy) is 1. The lowest BCUT2D eigenvalue weighted by atomic mass is 10.3. The van der Waals surface area contributed by atoms with E-state index in [0.717, 1.165) is 24.7 Å². The van der Waals surface area contributed by atoms with Crippen molar-refractivity contribution >= 4 is 11.5 Å². The van der Waals surface area contributed by atoms with Gasteiger partial charge in [-0.25, -0.2) is 4.98 Å². The second-order valence-corrected chi connectivity index (χ2v) is 2.97. The number of nitrogens with two attached hydrogens (primary N) is 1. The van der Waals surface area contributed by atoms with Gasteiger partial charge in [-0.2, -0.15) is 0 Å². The zero-order valence-corrected chi connectivity index (χ0v) is 8.95. The maximum atomic E-state index is 5.63. The fraction of sp³-hybridized carbons (Fsp3) is 0.500. The molecule has 4 heteroatoms. The van der Waals surface area contributed by atoms with Crippen LogP contribution in [0.4, 0.5) is 11.5 Å². The van der Waals surface area contributed by atoms with Gasteiger partial charge in [-0.15, -0.1) is 0 Å². The van der Waals surface area contributed by atoms with Gasteiger partial charge >= 0.3 is 0 Å². The molecule has 78 valence electrons. The van der Waals surface area contributed by atoms with Crippen LogP contribution >= 0.6 is 0 Å². The first kappa shape index (κ1) is 10.6. The third kappa shape index (κ3) is 2.07. The van der Waals surface area contributed by atoms with Crippen molar-refractivity contribution in [3.05, 3.63) is 12.3 Å². The fourth-order valence-electron chi connectivity index (χ4n) is 1.36. The molecule has 1 aromatic rings. The summed E-state index contributed by atoms with van der Waals surface area (Å²) in [5, 5.41) is 0. The minimum Gasteiger partial charge on any atom is -0.493 e. The number of pyridine rings is 1. The van der Waals surface area contributed by atoms with E-state index in [9.17, 15) is 0 Å². The summed E-state index contributed by atoms with van der Waals surface area (Å²) in [6, 6.07) is 1.79. The molecule has 0 atom stereocenters. The highest BCUT2D eigenvalue weighted by atomic mass is 16.5. The Labute approximate surface area is 84.7 Å². The van der Waals surface area contributed by atoms with Gasteiger partial charge in [0, 0.05) is 19.2 Å². The molecule has 4 nitrogen and oxygen atoms in total. The van der Waals surface area contributed by atoms with Crippen molar-refractivity contribution < 1.29 is 4.74 Å². The topological polar surface area (TPSA) is 51.4 Å². The molecule has 1 aromatic heterocycles. The van der Waals surface area contributed by atoms with Crippen molar-refractivity contribution in [1.29, 1.82) is 0 Å². The number of anilines is 2. The van der Waals surface area contributed by atoms with Gasteiger partial charge in [0.25, 0.3) is 0 Å². The Morgan fingerprint density at radius 1 is 1.43 bits per heavy atom. The Hall–Kier alpha value is -1.45. The molecule has 0 bridgehead atoms. The van der Waals surface area contributed by atoms with Crippen molar-refractivity contribution in [3.63, 3.8) is 0 Å². The number of hydrogen-bond donors (Lipinski definition) is 1. The molecule has 0 unspecified atom stereocenters. The third-order valence-electron chi connectivity index (χ3n) is 2.14. The Balaban J connectivity index is 3.06. The summed E-state index contributed by atoms with van der Waals surface area (Å²) < 4.78 is 5.23. The van der Waals surface area contributed by atoms with Crippen LogP contribution in [0.25, 0.3) is 0 Å². The Bertz CT molecular complexity index is 297. The van der Waals surface area contributed by atoms with Crippen LogP contribution in [-0.2, 0) is 0 Å². The molecule has 0 aliphatic carbocycles. The first-order valence-corrected chi connectivity index (χ1v) is 4.77. The van der Waals surface area contributed by atoms with Gasteiger partial charge in [0.2, 0.25) is 0 Å². The van der Waals surface area contributed by atoms with Crippen molar-refractivity contribution in [1.82, 2.24) is 4.98 Å². The SMILES string of the molecule is CCN(CC)c1ncc(N)cc1OC. The summed E-state index contributed by atoms with van der Waals surface area (Å²) in [5.74, 6) is 1.58. The predicted octanol–water partition coefficient (Wildman–Crippen LogP) is 1.52. The normalized spacial score (nSPS) is 9.93. The third-order valence-corrected chi connectivity index (χ3v) is 2.14. The molecule has 14 heavy (non-hydrogen) atoms. The smallest absolute Gasteiger partial charge is 0.171 e. The highest BCUT2D eigenvalue weighted by Gasteiger charge is 2.10. The number of aromatic nitrogens is 1. The average molecular weight is 195 g/mol. The lowest BCUT2D eigenvalue weighted by Gasteiger charge is -2.21. The standard InChI is InChI=1S/C10H17N3O/c1-4-13(5-2)10-9(14-3)6-8(11)7-12-10/h6-7H,4-5,11H2,1-3H3. The van der Waals surface area contributed by atoms with Crippen molar-refractivity contribution in [3.8, 4) is 5.75 Å². The van der Waals surface area contributed by atoms with E-state index >= 15 is 0 Å². The molecule has 0 saturated heterocycles. The number of nitrogen functional groups attached to an aromatic ring is 1. The quantitative estimate of drug-likeness (QED) is 0.791. The molecule has 0 spiro atoms. The first-order valence-electron chi connectivity index (χ1n) is 4.77. The monoisotopic (exact) mass is 195 g/mol. The largest absolute Gasteiger partial charge is 0.493 e. The summed E-state index contributed by atoms with van der Waals surface area (Å²) in [5.41, 5.74) is 6.25. The molecule has 0 aromatic carbocycles. The maximum absolute atomic E-state index is 5.63. The molecule has 2 N–H and O–H groups in total. The molecular weight excluding hydrogens is 178 g/mol. The van der Waals surface area contributed by atoms with E-state index in [0.29, 0.717) is 5.69 Å². The van der Waals surface area contributed by atoms with Crippen LogP contribution in [-0.4, -0.2) is 25.2 Å². The van der Waals surface area contributed by atoms with Gasteiger partial charge < -0.3 is 15.4 Å². The molecular formula is C10H17N3O. The summed E-state index contributed by atoms with van der Waals surface area (Å²) in [7, 11) is 1.63. The van der Waals surface area contributed by atoms with Gasteiger partial charge in [-0.05, 0) is 13.8 Å². The van der Waals surface area contributed by atoms with Crippen LogP contribution in [0.5, 0.6) is 5.75 Å². The average Bonchev–Trinajstić information content (AvgIpc) is 2.21. The second-order valence-electron chi connectivity index (χ2n) is 2.97. The van der Waals surface area contributed by atoms with Crippen LogP contribution in [0.15, 0.2) is 12.3 Å². The van der Waals surface area contributed by atoms with Crippen molar-refractivity contribution in [2.45, 2.75) is 13.8 Å². The minimum atomic E-state index is 0.623. The van der Waals surface area contributed by atoms with Crippen LogP contribution in [0.2, 0.25) is 0 Å². The molecule has 0 radical (unpaired) electrons. The van der Waals surface area contributed by atoms with Gasteiger partial charge in [-0.1, -0.05) is 0 Å². The summed E-state index contributed by atoms with van der Waals surface area (Å²) >= 11 is 0. The maximum Gasteiger partial charge on any atom is 0.171 e. The number of hydrogen-bond acceptors (Lipinski definition) is 4. The molecule has 0 aliphatic rings. The molecule has 0 amide bonds. The summed E-state index contributed by atoms with van der Waals surface area (Å²) in [4.78, 5) is 6.39. The van der Waals surface area contributed by atoms with Gasteiger partial charge in [0.1, 0.15) is 0 Å². The van der Waals surface area contributed by atoms with E-state index in [1.807, 2.05) is 0 Å². The van der Waals surface area contributed by atoms with Gasteiger partial charge in [-0.3, -0.25) is 0 Å². The molecule has 0 saturated carbocycles. The highest BCUT2D eigenvalue weighted by Crippen LogP contribution is 2.26. The van der Waals surface area contributed by atoms with E-state index < -0.39 is 0 Å². The van der Waals surface area contributed by atoms with Crippen LogP contribution in [0.1, 0.15) is 13.8 Å². The molecule has 1 heterocycles. The van der Waals surface area contributed by atoms with E-state index in [-0.39, 0.29) is 0 Å². The summed E-state index contributed by atoms with van der Waals surface area (Å²) in [6.07, 6.45) is 1.65. The lowest BCUT2D eigenvalue weighted by Crippen LogP contribution is -2.23. The molecule has 1 rings (SSSR count). The minimum absolute atomic E-state index is 0.623. The number of rotatable bonds is 4. The van der Waals surface area contributed by atoms with Gasteiger partial charge in [0.05, 0.1) is 19.0 Å². The first-order chi connectivity index (χ1) is 6.72. The second kappa shape index (κ2) is 4.69. The molecule has 0 fully saturated rings. The van der Waals surface area contributed by atoms with Crippen LogP contribution in [0, 0.1) is 0 Å². The summed E-state index contributed by atoms with van der Waals surface area (Å²) in [6.45, 7) is 5.98. The van der Waals surface area contributed by atoms with E-state index in [1.54, 1.807) is 19.4 Å². The zero-order chi connectivity index (χ0) is 10.6.